The molecule has 2 aliphatic rings. The highest BCUT2D eigenvalue weighted by atomic mass is 35.5. The average molecular weight is 315 g/mol. The molecule has 7 heteroatoms. The molecule has 1 unspecified atom stereocenters. The summed E-state index contributed by atoms with van der Waals surface area (Å²) in [6.45, 7) is 1.83. The molecule has 1 N–H and O–H groups in total. The number of hydrogen-bond acceptors (Lipinski definition) is 4. The van der Waals surface area contributed by atoms with E-state index in [4.69, 9.17) is 16.3 Å². The zero-order chi connectivity index (χ0) is 14.2. The van der Waals surface area contributed by atoms with Crippen molar-refractivity contribution in [3.05, 3.63) is 21.3 Å². The van der Waals surface area contributed by atoms with Gasteiger partial charge in [-0.2, -0.15) is 0 Å². The second-order valence-corrected chi connectivity index (χ2v) is 6.89. The number of halogens is 1. The lowest BCUT2D eigenvalue weighted by Gasteiger charge is -2.24. The van der Waals surface area contributed by atoms with Crippen LogP contribution in [0.3, 0.4) is 0 Å². The van der Waals surface area contributed by atoms with E-state index in [0.717, 1.165) is 12.8 Å². The molecule has 0 saturated carbocycles. The molecular formula is C13H15ClN2O3S. The van der Waals surface area contributed by atoms with E-state index in [0.29, 0.717) is 35.3 Å². The minimum absolute atomic E-state index is 0.0104. The van der Waals surface area contributed by atoms with E-state index in [2.05, 4.69) is 5.32 Å². The molecule has 1 atom stereocenters. The van der Waals surface area contributed by atoms with E-state index < -0.39 is 5.60 Å². The van der Waals surface area contributed by atoms with Crippen LogP contribution in [0.25, 0.3) is 0 Å². The van der Waals surface area contributed by atoms with Crippen LogP contribution in [0.5, 0.6) is 0 Å². The predicted octanol–water partition coefficient (Wildman–Crippen LogP) is 2.51. The zero-order valence-electron chi connectivity index (χ0n) is 10.9. The fourth-order valence-corrected chi connectivity index (χ4v) is 3.75. The van der Waals surface area contributed by atoms with E-state index in [1.165, 1.54) is 11.3 Å². The fraction of sp³-hybridized carbons (Fsp3) is 0.538. The number of thiophene rings is 1. The number of carbonyl (C=O) groups excluding carboxylic acids is 2. The molecular weight excluding hydrogens is 300 g/mol. The number of nitrogens with zero attached hydrogens (tertiary/aromatic N) is 1. The Labute approximate surface area is 125 Å². The maximum atomic E-state index is 12.4. The lowest BCUT2D eigenvalue weighted by Crippen LogP contribution is -2.36. The normalized spacial score (nSPS) is 26.2. The number of rotatable bonds is 1. The summed E-state index contributed by atoms with van der Waals surface area (Å²) in [5.74, 6) is 0.0104. The van der Waals surface area contributed by atoms with Crippen molar-refractivity contribution in [2.75, 3.05) is 19.6 Å². The quantitative estimate of drug-likeness (QED) is 0.866. The van der Waals surface area contributed by atoms with Gasteiger partial charge in [-0.25, -0.2) is 4.79 Å². The van der Waals surface area contributed by atoms with Crippen LogP contribution in [-0.2, 0) is 4.74 Å². The molecule has 2 aliphatic heterocycles. The molecule has 20 heavy (non-hydrogen) atoms. The molecule has 0 bridgehead atoms. The van der Waals surface area contributed by atoms with Crippen molar-refractivity contribution in [1.29, 1.82) is 0 Å². The van der Waals surface area contributed by atoms with Crippen molar-refractivity contribution in [2.24, 2.45) is 0 Å². The van der Waals surface area contributed by atoms with Gasteiger partial charge in [0.15, 0.2) is 0 Å². The number of likely N-dealkylation sites (tertiary alicyclic amines) is 1. The van der Waals surface area contributed by atoms with Crippen LogP contribution in [-0.4, -0.2) is 42.1 Å². The van der Waals surface area contributed by atoms with E-state index in [1.807, 2.05) is 4.90 Å². The minimum atomic E-state index is -0.431. The lowest BCUT2D eigenvalue weighted by atomic mass is 9.95. The van der Waals surface area contributed by atoms with Gasteiger partial charge in [0.25, 0.3) is 5.91 Å². The Morgan fingerprint density at radius 2 is 2.25 bits per heavy atom. The predicted molar refractivity (Wildman–Crippen MR) is 76.3 cm³/mol. The van der Waals surface area contributed by atoms with E-state index in [1.54, 1.807) is 12.1 Å². The third-order valence-electron chi connectivity index (χ3n) is 3.83. The highest BCUT2D eigenvalue weighted by Crippen LogP contribution is 2.30. The van der Waals surface area contributed by atoms with Crippen LogP contribution >= 0.6 is 22.9 Å². The van der Waals surface area contributed by atoms with E-state index in [-0.39, 0.29) is 12.0 Å². The lowest BCUT2D eigenvalue weighted by molar-refractivity contribution is 0.0439. The Bertz CT molecular complexity index is 547. The van der Waals surface area contributed by atoms with Gasteiger partial charge in [-0.05, 0) is 25.0 Å². The number of alkyl carbamates (subject to hydrolysis) is 1. The van der Waals surface area contributed by atoms with Crippen molar-refractivity contribution in [3.8, 4) is 0 Å². The number of nitrogens with one attached hydrogen (secondary N) is 1. The van der Waals surface area contributed by atoms with Crippen LogP contribution in [0.15, 0.2) is 12.1 Å². The largest absolute Gasteiger partial charge is 0.441 e. The zero-order valence-corrected chi connectivity index (χ0v) is 12.4. The Morgan fingerprint density at radius 1 is 1.40 bits per heavy atom. The van der Waals surface area contributed by atoms with Gasteiger partial charge in [0.1, 0.15) is 5.60 Å². The highest BCUT2D eigenvalue weighted by molar-refractivity contribution is 7.17. The molecule has 1 aromatic rings. The number of amides is 2. The first-order chi connectivity index (χ1) is 9.58. The first kappa shape index (κ1) is 13.7. The van der Waals surface area contributed by atoms with E-state index in [9.17, 15) is 9.59 Å². The highest BCUT2D eigenvalue weighted by Gasteiger charge is 2.41. The second-order valence-electron chi connectivity index (χ2n) is 5.18. The van der Waals surface area contributed by atoms with Gasteiger partial charge in [0.05, 0.1) is 15.8 Å². The van der Waals surface area contributed by atoms with Crippen molar-refractivity contribution >= 4 is 34.9 Å². The van der Waals surface area contributed by atoms with Gasteiger partial charge in [0, 0.05) is 19.5 Å². The topological polar surface area (TPSA) is 58.6 Å². The van der Waals surface area contributed by atoms with Crippen LogP contribution in [0.1, 0.15) is 28.9 Å². The summed E-state index contributed by atoms with van der Waals surface area (Å²) in [5, 5.41) is 2.71. The SMILES string of the molecule is O=C1NCC2(CCCN(C(=O)c3ccc(Cl)s3)CC2)O1. The van der Waals surface area contributed by atoms with Crippen LogP contribution in [0.4, 0.5) is 4.79 Å². The molecule has 2 fully saturated rings. The maximum absolute atomic E-state index is 12.4. The summed E-state index contributed by atoms with van der Waals surface area (Å²) in [4.78, 5) is 26.1. The smallest absolute Gasteiger partial charge is 0.407 e. The summed E-state index contributed by atoms with van der Waals surface area (Å²) in [7, 11) is 0. The van der Waals surface area contributed by atoms with Crippen LogP contribution in [0.2, 0.25) is 4.34 Å². The standard InChI is InChI=1S/C13H15ClN2O3S/c14-10-3-2-9(20-10)11(17)16-6-1-4-13(5-7-16)8-15-12(18)19-13/h2-3H,1,4-8H2,(H,15,18). The molecule has 0 radical (unpaired) electrons. The molecule has 5 nitrogen and oxygen atoms in total. The molecule has 1 aromatic heterocycles. The van der Waals surface area contributed by atoms with E-state index >= 15 is 0 Å². The molecule has 0 aliphatic carbocycles. The first-order valence-corrected chi connectivity index (χ1v) is 7.79. The molecule has 0 aromatic carbocycles. The molecule has 3 rings (SSSR count). The summed E-state index contributed by atoms with van der Waals surface area (Å²) < 4.78 is 6.02. The Morgan fingerprint density at radius 3 is 2.90 bits per heavy atom. The van der Waals surface area contributed by atoms with Gasteiger partial charge >= 0.3 is 6.09 Å². The minimum Gasteiger partial charge on any atom is -0.441 e. The average Bonchev–Trinajstić information content (AvgIpc) is 2.93. The van der Waals surface area contributed by atoms with Crippen LogP contribution < -0.4 is 5.32 Å². The molecule has 3 heterocycles. The van der Waals surface area contributed by atoms with Gasteiger partial charge in [-0.3, -0.25) is 4.79 Å². The monoisotopic (exact) mass is 314 g/mol. The third-order valence-corrected chi connectivity index (χ3v) is 5.05. The Kier molecular flexibility index (Phi) is 3.60. The van der Waals surface area contributed by atoms with Gasteiger partial charge in [-0.1, -0.05) is 11.6 Å². The maximum Gasteiger partial charge on any atom is 0.407 e. The summed E-state index contributed by atoms with van der Waals surface area (Å²) in [6.07, 6.45) is 1.95. The summed E-state index contributed by atoms with van der Waals surface area (Å²) in [5.41, 5.74) is -0.431. The van der Waals surface area contributed by atoms with Crippen molar-refractivity contribution in [3.63, 3.8) is 0 Å². The number of ether oxygens (including phenoxy) is 1. The fourth-order valence-electron chi connectivity index (χ4n) is 2.74. The summed E-state index contributed by atoms with van der Waals surface area (Å²) in [6, 6.07) is 3.49. The van der Waals surface area contributed by atoms with Crippen molar-refractivity contribution in [1.82, 2.24) is 10.2 Å². The second kappa shape index (κ2) is 5.26. The first-order valence-electron chi connectivity index (χ1n) is 6.59. The van der Waals surface area contributed by atoms with Crippen LogP contribution in [0, 0.1) is 0 Å². The summed E-state index contributed by atoms with van der Waals surface area (Å²) >= 11 is 7.17. The Balaban J connectivity index is 1.68. The van der Waals surface area contributed by atoms with Gasteiger partial charge in [-0.15, -0.1) is 11.3 Å². The Hall–Kier alpha value is -1.27. The van der Waals surface area contributed by atoms with Gasteiger partial charge in [0.2, 0.25) is 0 Å². The molecule has 2 amide bonds. The molecule has 108 valence electrons. The molecule has 2 saturated heterocycles. The molecule has 1 spiro atoms. The van der Waals surface area contributed by atoms with Crippen molar-refractivity contribution in [2.45, 2.75) is 24.9 Å². The van der Waals surface area contributed by atoms with Crippen molar-refractivity contribution < 1.29 is 14.3 Å². The number of hydrogen-bond donors (Lipinski definition) is 1. The number of carbonyl (C=O) groups is 2. The third kappa shape index (κ3) is 2.62. The van der Waals surface area contributed by atoms with Gasteiger partial charge < -0.3 is 15.0 Å².